The molecule has 1 aromatic carbocycles. The van der Waals surface area contributed by atoms with Crippen molar-refractivity contribution in [3.8, 4) is 5.69 Å². The summed E-state index contributed by atoms with van der Waals surface area (Å²) in [5.41, 5.74) is 3.64. The highest BCUT2D eigenvalue weighted by Gasteiger charge is 2.13. The number of fused-ring (bicyclic) bond motifs is 1. The molecule has 3 aromatic heterocycles. The maximum absolute atomic E-state index is 12.6. The topological polar surface area (TPSA) is 57.6 Å². The van der Waals surface area contributed by atoms with Gasteiger partial charge in [-0.05, 0) is 23.8 Å². The van der Waals surface area contributed by atoms with E-state index >= 15 is 0 Å². The van der Waals surface area contributed by atoms with E-state index in [1.807, 2.05) is 47.3 Å². The summed E-state index contributed by atoms with van der Waals surface area (Å²) in [6.45, 7) is 0.470. The Bertz CT molecular complexity index is 1030. The predicted molar refractivity (Wildman–Crippen MR) is 87.6 cm³/mol. The number of imidazole rings is 1. The molecule has 0 bridgehead atoms. The van der Waals surface area contributed by atoms with Crippen LogP contribution in [0.1, 0.15) is 5.56 Å². The van der Waals surface area contributed by atoms with Gasteiger partial charge in [-0.15, -0.1) is 0 Å². The third-order valence-corrected chi connectivity index (χ3v) is 4.02. The monoisotopic (exact) mass is 305 g/mol. The van der Waals surface area contributed by atoms with Crippen LogP contribution in [0.5, 0.6) is 0 Å². The van der Waals surface area contributed by atoms with Crippen molar-refractivity contribution in [3.05, 3.63) is 77.2 Å². The average molecular weight is 305 g/mol. The summed E-state index contributed by atoms with van der Waals surface area (Å²) in [6.07, 6.45) is 7.06. The zero-order valence-electron chi connectivity index (χ0n) is 12.6. The van der Waals surface area contributed by atoms with Gasteiger partial charge < -0.3 is 0 Å². The van der Waals surface area contributed by atoms with Crippen LogP contribution in [0.2, 0.25) is 0 Å². The van der Waals surface area contributed by atoms with Gasteiger partial charge in [-0.25, -0.2) is 9.48 Å². The van der Waals surface area contributed by atoms with Crippen LogP contribution in [0.25, 0.3) is 16.7 Å². The minimum atomic E-state index is -0.0525. The number of aromatic nitrogens is 5. The Labute approximate surface area is 132 Å². The first kappa shape index (κ1) is 13.5. The Morgan fingerprint density at radius 1 is 1.04 bits per heavy atom. The highest BCUT2D eigenvalue weighted by molar-refractivity contribution is 5.74. The van der Waals surface area contributed by atoms with Gasteiger partial charge in [0.15, 0.2) is 0 Å². The predicted octanol–water partition coefficient (Wildman–Crippen LogP) is 1.97. The van der Waals surface area contributed by atoms with Crippen molar-refractivity contribution in [3.63, 3.8) is 0 Å². The summed E-state index contributed by atoms with van der Waals surface area (Å²) < 4.78 is 5.20. The standard InChI is InChI=1S/C17H15N5O/c1-20-15-7-9-18-11-16(15)21(17(20)23)12-13-5-2-3-6-14(13)22-10-4-8-19-22/h2-11H,12H2,1H3. The summed E-state index contributed by atoms with van der Waals surface area (Å²) in [5, 5.41) is 4.29. The van der Waals surface area contributed by atoms with Gasteiger partial charge in [0.25, 0.3) is 0 Å². The minimum absolute atomic E-state index is 0.0525. The molecule has 6 heteroatoms. The number of para-hydroxylation sites is 1. The van der Waals surface area contributed by atoms with E-state index in [0.717, 1.165) is 22.3 Å². The van der Waals surface area contributed by atoms with Crippen molar-refractivity contribution in [1.29, 1.82) is 0 Å². The van der Waals surface area contributed by atoms with E-state index in [2.05, 4.69) is 10.1 Å². The van der Waals surface area contributed by atoms with Crippen molar-refractivity contribution in [2.24, 2.45) is 7.05 Å². The molecule has 0 spiro atoms. The van der Waals surface area contributed by atoms with E-state index < -0.39 is 0 Å². The van der Waals surface area contributed by atoms with Crippen molar-refractivity contribution in [1.82, 2.24) is 23.9 Å². The summed E-state index contributed by atoms with van der Waals surface area (Å²) >= 11 is 0. The highest BCUT2D eigenvalue weighted by atomic mass is 16.1. The summed E-state index contributed by atoms with van der Waals surface area (Å²) in [4.78, 5) is 16.7. The van der Waals surface area contributed by atoms with Crippen LogP contribution in [-0.2, 0) is 13.6 Å². The maximum Gasteiger partial charge on any atom is 0.329 e. The van der Waals surface area contributed by atoms with Crippen LogP contribution >= 0.6 is 0 Å². The Kier molecular flexibility index (Phi) is 3.08. The lowest BCUT2D eigenvalue weighted by Gasteiger charge is -2.10. The van der Waals surface area contributed by atoms with E-state index in [1.165, 1.54) is 0 Å². The first-order valence-electron chi connectivity index (χ1n) is 7.33. The molecule has 0 unspecified atom stereocenters. The number of pyridine rings is 1. The summed E-state index contributed by atoms with van der Waals surface area (Å²) in [7, 11) is 1.78. The van der Waals surface area contributed by atoms with Crippen LogP contribution in [0.3, 0.4) is 0 Å². The zero-order chi connectivity index (χ0) is 15.8. The molecular weight excluding hydrogens is 290 g/mol. The average Bonchev–Trinajstić information content (AvgIpc) is 3.20. The third kappa shape index (κ3) is 2.15. The number of hydrogen-bond donors (Lipinski definition) is 0. The number of rotatable bonds is 3. The van der Waals surface area contributed by atoms with Crippen LogP contribution in [0.15, 0.2) is 66.0 Å². The van der Waals surface area contributed by atoms with Crippen LogP contribution in [-0.4, -0.2) is 23.9 Å². The fourth-order valence-corrected chi connectivity index (χ4v) is 2.86. The van der Waals surface area contributed by atoms with Gasteiger partial charge in [0.1, 0.15) is 0 Å². The van der Waals surface area contributed by atoms with Gasteiger partial charge in [0.05, 0.1) is 29.5 Å². The Morgan fingerprint density at radius 3 is 2.74 bits per heavy atom. The van der Waals surface area contributed by atoms with Gasteiger partial charge >= 0.3 is 5.69 Å². The first-order chi connectivity index (χ1) is 11.3. The quantitative estimate of drug-likeness (QED) is 0.581. The minimum Gasteiger partial charge on any atom is -0.295 e. The van der Waals surface area contributed by atoms with Crippen molar-refractivity contribution in [2.75, 3.05) is 0 Å². The number of nitrogens with zero attached hydrogens (tertiary/aromatic N) is 5. The van der Waals surface area contributed by atoms with Gasteiger partial charge in [0, 0.05) is 25.6 Å². The molecule has 23 heavy (non-hydrogen) atoms. The van der Waals surface area contributed by atoms with E-state index in [9.17, 15) is 4.79 Å². The third-order valence-electron chi connectivity index (χ3n) is 4.02. The normalized spacial score (nSPS) is 11.2. The fraction of sp³-hybridized carbons (Fsp3) is 0.118. The van der Waals surface area contributed by atoms with Crippen molar-refractivity contribution >= 4 is 11.0 Å². The van der Waals surface area contributed by atoms with Crippen LogP contribution in [0.4, 0.5) is 0 Å². The molecule has 4 rings (SSSR count). The fourth-order valence-electron chi connectivity index (χ4n) is 2.86. The van der Waals surface area contributed by atoms with Gasteiger partial charge in [-0.3, -0.25) is 14.1 Å². The largest absolute Gasteiger partial charge is 0.329 e. The molecule has 114 valence electrons. The number of benzene rings is 1. The molecule has 0 amide bonds. The lowest BCUT2D eigenvalue weighted by atomic mass is 10.1. The van der Waals surface area contributed by atoms with E-state index in [4.69, 9.17) is 0 Å². The molecule has 4 aromatic rings. The molecule has 0 N–H and O–H groups in total. The SMILES string of the molecule is Cn1c(=O)n(Cc2ccccc2-n2cccn2)c2cnccc21. The second-order valence-corrected chi connectivity index (χ2v) is 5.37. The summed E-state index contributed by atoms with van der Waals surface area (Å²) in [6, 6.07) is 11.7. The smallest absolute Gasteiger partial charge is 0.295 e. The maximum atomic E-state index is 12.6. The lowest BCUT2D eigenvalue weighted by Crippen LogP contribution is -2.23. The number of hydrogen-bond acceptors (Lipinski definition) is 3. The van der Waals surface area contributed by atoms with Gasteiger partial charge in [0.2, 0.25) is 0 Å². The number of aryl methyl sites for hydroxylation is 1. The van der Waals surface area contributed by atoms with Crippen molar-refractivity contribution < 1.29 is 0 Å². The highest BCUT2D eigenvalue weighted by Crippen LogP contribution is 2.17. The van der Waals surface area contributed by atoms with Crippen LogP contribution < -0.4 is 5.69 Å². The lowest BCUT2D eigenvalue weighted by molar-refractivity contribution is 0.726. The Balaban J connectivity index is 1.87. The van der Waals surface area contributed by atoms with E-state index in [1.54, 1.807) is 34.8 Å². The Morgan fingerprint density at radius 2 is 1.91 bits per heavy atom. The molecule has 0 aliphatic carbocycles. The molecule has 0 atom stereocenters. The van der Waals surface area contributed by atoms with E-state index in [-0.39, 0.29) is 5.69 Å². The Hall–Kier alpha value is -3.15. The van der Waals surface area contributed by atoms with Crippen LogP contribution in [0, 0.1) is 0 Å². The second kappa shape index (κ2) is 5.24. The van der Waals surface area contributed by atoms with Crippen molar-refractivity contribution in [2.45, 2.75) is 6.54 Å². The second-order valence-electron chi connectivity index (χ2n) is 5.37. The zero-order valence-corrected chi connectivity index (χ0v) is 12.6. The van der Waals surface area contributed by atoms with Gasteiger partial charge in [-0.2, -0.15) is 5.10 Å². The molecule has 0 saturated carbocycles. The molecule has 0 aliphatic rings. The first-order valence-corrected chi connectivity index (χ1v) is 7.33. The van der Waals surface area contributed by atoms with Gasteiger partial charge in [-0.1, -0.05) is 18.2 Å². The molecule has 0 aliphatic heterocycles. The molecule has 0 radical (unpaired) electrons. The molecular formula is C17H15N5O. The molecule has 0 saturated heterocycles. The summed E-state index contributed by atoms with van der Waals surface area (Å²) in [5.74, 6) is 0. The van der Waals surface area contributed by atoms with E-state index in [0.29, 0.717) is 6.54 Å². The molecule has 0 fully saturated rings. The molecule has 3 heterocycles. The molecule has 6 nitrogen and oxygen atoms in total.